The van der Waals surface area contributed by atoms with Crippen molar-refractivity contribution >= 4 is 27.7 Å². The van der Waals surface area contributed by atoms with Crippen molar-refractivity contribution in [2.75, 3.05) is 6.54 Å². The van der Waals surface area contributed by atoms with Gasteiger partial charge in [-0.3, -0.25) is 9.59 Å². The summed E-state index contributed by atoms with van der Waals surface area (Å²) < 4.78 is 0.948. The fourth-order valence-electron chi connectivity index (χ4n) is 4.34. The van der Waals surface area contributed by atoms with E-state index < -0.39 is 6.04 Å². The molecule has 2 amide bonds. The minimum Gasteiger partial charge on any atom is -0.354 e. The SMILES string of the molecule is CCCCNC(=O)[C@H](Cc1ccccc1)N(Cc1cccc(Br)c1)C(=O)Cc1cc(C)cc(C)c1. The highest BCUT2D eigenvalue weighted by Gasteiger charge is 2.30. The first-order chi connectivity index (χ1) is 16.9. The van der Waals surface area contributed by atoms with E-state index in [2.05, 4.69) is 46.4 Å². The summed E-state index contributed by atoms with van der Waals surface area (Å²) in [6, 6.07) is 23.4. The van der Waals surface area contributed by atoms with Crippen LogP contribution in [0.1, 0.15) is 47.6 Å². The van der Waals surface area contributed by atoms with Crippen LogP contribution < -0.4 is 5.32 Å². The molecule has 35 heavy (non-hydrogen) atoms. The molecule has 0 saturated carbocycles. The van der Waals surface area contributed by atoms with Crippen LogP contribution in [0, 0.1) is 13.8 Å². The molecule has 0 aliphatic carbocycles. The van der Waals surface area contributed by atoms with Gasteiger partial charge in [-0.25, -0.2) is 0 Å². The van der Waals surface area contributed by atoms with Crippen molar-refractivity contribution in [3.8, 4) is 0 Å². The molecule has 3 aromatic rings. The van der Waals surface area contributed by atoms with Gasteiger partial charge in [0.15, 0.2) is 0 Å². The predicted octanol–water partition coefficient (Wildman–Crippen LogP) is 6.16. The Morgan fingerprint density at radius 2 is 1.57 bits per heavy atom. The summed E-state index contributed by atoms with van der Waals surface area (Å²) in [5.74, 6) is -0.160. The maximum absolute atomic E-state index is 13.8. The van der Waals surface area contributed by atoms with Crippen molar-refractivity contribution < 1.29 is 9.59 Å². The summed E-state index contributed by atoms with van der Waals surface area (Å²) >= 11 is 3.54. The first-order valence-corrected chi connectivity index (χ1v) is 13.1. The number of carbonyl (C=O) groups excluding carboxylic acids is 2. The van der Waals surface area contributed by atoms with Crippen molar-refractivity contribution in [1.29, 1.82) is 0 Å². The lowest BCUT2D eigenvalue weighted by molar-refractivity contribution is -0.140. The summed E-state index contributed by atoms with van der Waals surface area (Å²) in [6.07, 6.45) is 2.62. The van der Waals surface area contributed by atoms with Crippen LogP contribution in [0.3, 0.4) is 0 Å². The molecule has 184 valence electrons. The number of aryl methyl sites for hydroxylation is 2. The molecular weight excluding hydrogens is 500 g/mol. The van der Waals surface area contributed by atoms with Gasteiger partial charge in [0.05, 0.1) is 6.42 Å². The first kappa shape index (κ1) is 26.7. The van der Waals surface area contributed by atoms with E-state index in [1.165, 1.54) is 0 Å². The van der Waals surface area contributed by atoms with Gasteiger partial charge in [0.25, 0.3) is 0 Å². The Labute approximate surface area is 217 Å². The molecule has 1 N–H and O–H groups in total. The largest absolute Gasteiger partial charge is 0.354 e. The van der Waals surface area contributed by atoms with Crippen LogP contribution in [-0.2, 0) is 29.0 Å². The normalized spacial score (nSPS) is 11.7. The monoisotopic (exact) mass is 534 g/mol. The van der Waals surface area contributed by atoms with Crippen LogP contribution >= 0.6 is 15.9 Å². The molecule has 0 radical (unpaired) electrons. The zero-order chi connectivity index (χ0) is 25.2. The molecule has 0 bridgehead atoms. The molecule has 3 aromatic carbocycles. The molecule has 0 heterocycles. The van der Waals surface area contributed by atoms with Crippen LogP contribution in [0.15, 0.2) is 77.3 Å². The van der Waals surface area contributed by atoms with Gasteiger partial charge in [-0.2, -0.15) is 0 Å². The highest BCUT2D eigenvalue weighted by Crippen LogP contribution is 2.20. The number of nitrogens with one attached hydrogen (secondary N) is 1. The van der Waals surface area contributed by atoms with Crippen LogP contribution in [0.5, 0.6) is 0 Å². The quantitative estimate of drug-likeness (QED) is 0.299. The standard InChI is InChI=1S/C30H35BrN2O2/c1-4-5-14-32-30(35)28(19-24-10-7-6-8-11-24)33(21-25-12-9-13-27(31)18-25)29(34)20-26-16-22(2)15-23(3)17-26/h6-13,15-18,28H,4-5,14,19-21H2,1-3H3,(H,32,35)/t28-/m0/s1. The van der Waals surface area contributed by atoms with E-state index in [-0.39, 0.29) is 18.2 Å². The Balaban J connectivity index is 1.96. The van der Waals surface area contributed by atoms with Crippen molar-refractivity contribution in [1.82, 2.24) is 10.2 Å². The van der Waals surface area contributed by atoms with E-state index in [4.69, 9.17) is 0 Å². The second-order valence-electron chi connectivity index (χ2n) is 9.17. The fraction of sp³-hybridized carbons (Fsp3) is 0.333. The van der Waals surface area contributed by atoms with Crippen molar-refractivity contribution in [3.05, 3.63) is 105 Å². The number of nitrogens with zero attached hydrogens (tertiary/aromatic N) is 1. The summed E-state index contributed by atoms with van der Waals surface area (Å²) in [6.45, 7) is 7.15. The topological polar surface area (TPSA) is 49.4 Å². The number of hydrogen-bond donors (Lipinski definition) is 1. The van der Waals surface area contributed by atoms with E-state index in [0.29, 0.717) is 19.5 Å². The molecule has 0 fully saturated rings. The smallest absolute Gasteiger partial charge is 0.243 e. The second kappa shape index (κ2) is 13.2. The number of halogens is 1. The van der Waals surface area contributed by atoms with Crippen LogP contribution in [-0.4, -0.2) is 29.3 Å². The minimum atomic E-state index is -0.605. The van der Waals surface area contributed by atoms with Gasteiger partial charge in [-0.1, -0.05) is 101 Å². The average Bonchev–Trinajstić information content (AvgIpc) is 2.81. The summed E-state index contributed by atoms with van der Waals surface area (Å²) in [7, 11) is 0. The molecule has 0 aliphatic rings. The number of hydrogen-bond acceptors (Lipinski definition) is 2. The van der Waals surface area contributed by atoms with E-state index in [1.807, 2.05) is 68.4 Å². The zero-order valence-electron chi connectivity index (χ0n) is 20.9. The van der Waals surface area contributed by atoms with E-state index in [1.54, 1.807) is 4.90 Å². The Morgan fingerprint density at radius 1 is 0.886 bits per heavy atom. The van der Waals surface area contributed by atoms with Gasteiger partial charge >= 0.3 is 0 Å². The van der Waals surface area contributed by atoms with Gasteiger partial charge in [-0.05, 0) is 49.1 Å². The van der Waals surface area contributed by atoms with Crippen LogP contribution in [0.2, 0.25) is 0 Å². The third-order valence-electron chi connectivity index (χ3n) is 5.98. The average molecular weight is 536 g/mol. The lowest BCUT2D eigenvalue weighted by atomic mass is 10.00. The third-order valence-corrected chi connectivity index (χ3v) is 6.47. The summed E-state index contributed by atoms with van der Waals surface area (Å²) in [5, 5.41) is 3.08. The minimum absolute atomic E-state index is 0.0541. The molecule has 4 nitrogen and oxygen atoms in total. The van der Waals surface area contributed by atoms with E-state index in [9.17, 15) is 9.59 Å². The summed E-state index contributed by atoms with van der Waals surface area (Å²) in [5.41, 5.74) is 5.24. The van der Waals surface area contributed by atoms with Gasteiger partial charge < -0.3 is 10.2 Å². The Kier molecular flexibility index (Phi) is 10.1. The number of amides is 2. The molecule has 5 heteroatoms. The molecule has 0 aliphatic heterocycles. The van der Waals surface area contributed by atoms with Crippen molar-refractivity contribution in [2.45, 2.75) is 59.0 Å². The predicted molar refractivity (Wildman–Crippen MR) is 146 cm³/mol. The zero-order valence-corrected chi connectivity index (χ0v) is 22.5. The van der Waals surface area contributed by atoms with Crippen molar-refractivity contribution in [2.24, 2.45) is 0 Å². The highest BCUT2D eigenvalue weighted by atomic mass is 79.9. The molecule has 0 saturated heterocycles. The van der Waals surface area contributed by atoms with Gasteiger partial charge in [0, 0.05) is 24.0 Å². The Bertz CT molecular complexity index is 1110. The van der Waals surface area contributed by atoms with Crippen molar-refractivity contribution in [3.63, 3.8) is 0 Å². The fourth-order valence-corrected chi connectivity index (χ4v) is 4.79. The maximum atomic E-state index is 13.8. The number of benzene rings is 3. The first-order valence-electron chi connectivity index (χ1n) is 12.3. The van der Waals surface area contributed by atoms with E-state index >= 15 is 0 Å². The van der Waals surface area contributed by atoms with Gasteiger partial charge in [0.2, 0.25) is 11.8 Å². The maximum Gasteiger partial charge on any atom is 0.243 e. The summed E-state index contributed by atoms with van der Waals surface area (Å²) in [4.78, 5) is 29.1. The van der Waals surface area contributed by atoms with E-state index in [0.717, 1.165) is 45.1 Å². The Morgan fingerprint density at radius 3 is 2.23 bits per heavy atom. The molecule has 3 rings (SSSR count). The number of rotatable bonds is 11. The molecule has 0 spiro atoms. The lowest BCUT2D eigenvalue weighted by Gasteiger charge is -2.32. The molecular formula is C30H35BrN2O2. The van der Waals surface area contributed by atoms with Crippen LogP contribution in [0.4, 0.5) is 0 Å². The molecule has 1 atom stereocenters. The van der Waals surface area contributed by atoms with Gasteiger partial charge in [0.1, 0.15) is 6.04 Å². The molecule has 0 unspecified atom stereocenters. The second-order valence-corrected chi connectivity index (χ2v) is 10.1. The van der Waals surface area contributed by atoms with Gasteiger partial charge in [-0.15, -0.1) is 0 Å². The number of unbranched alkanes of at least 4 members (excludes halogenated alkanes) is 1. The molecule has 0 aromatic heterocycles. The number of carbonyl (C=O) groups is 2. The third kappa shape index (κ3) is 8.36. The lowest BCUT2D eigenvalue weighted by Crippen LogP contribution is -2.51. The highest BCUT2D eigenvalue weighted by molar-refractivity contribution is 9.10. The Hall–Kier alpha value is -2.92. The van der Waals surface area contributed by atoms with Crippen LogP contribution in [0.25, 0.3) is 0 Å².